The summed E-state index contributed by atoms with van der Waals surface area (Å²) in [6, 6.07) is 7.24. The number of allylic oxidation sites excluding steroid dienone is 2. The van der Waals surface area contributed by atoms with E-state index >= 15 is 0 Å². The third-order valence-electron chi connectivity index (χ3n) is 5.33. The number of hydrogen-bond donors (Lipinski definition) is 2. The number of nitrogens with one attached hydrogen (secondary N) is 1. The van der Waals surface area contributed by atoms with Crippen LogP contribution in [0.15, 0.2) is 46.8 Å². The zero-order valence-corrected chi connectivity index (χ0v) is 18.5. The number of ketones is 1. The lowest BCUT2D eigenvalue weighted by molar-refractivity contribution is -0.139. The van der Waals surface area contributed by atoms with Crippen LogP contribution in [0.25, 0.3) is 0 Å². The molecule has 0 fully saturated rings. The fraction of sp³-hybridized carbons (Fsp3) is 0.478. The van der Waals surface area contributed by atoms with Gasteiger partial charge in [-0.3, -0.25) is 4.79 Å². The molecule has 3 N–H and O–H groups in total. The van der Waals surface area contributed by atoms with Gasteiger partial charge >= 0.3 is 5.97 Å². The molecule has 0 aromatic heterocycles. The summed E-state index contributed by atoms with van der Waals surface area (Å²) >= 11 is 6.09. The number of rotatable bonds is 7. The molecule has 3 rings (SSSR count). The van der Waals surface area contributed by atoms with Crippen LogP contribution in [-0.2, 0) is 19.1 Å². The lowest BCUT2D eigenvalue weighted by atomic mass is 9.68. The number of carbonyl (C=O) groups excluding carboxylic acids is 2. The average molecular weight is 433 g/mol. The van der Waals surface area contributed by atoms with Gasteiger partial charge < -0.3 is 20.5 Å². The van der Waals surface area contributed by atoms with Crippen molar-refractivity contribution in [3.63, 3.8) is 0 Å². The average Bonchev–Trinajstić information content (AvgIpc) is 2.67. The molecule has 0 saturated carbocycles. The van der Waals surface area contributed by atoms with Gasteiger partial charge in [0.25, 0.3) is 0 Å². The first-order valence-electron chi connectivity index (χ1n) is 10.2. The predicted octanol–water partition coefficient (Wildman–Crippen LogP) is 3.46. The van der Waals surface area contributed by atoms with E-state index in [-0.39, 0.29) is 24.4 Å². The topological polar surface area (TPSA) is 90.7 Å². The lowest BCUT2D eigenvalue weighted by Crippen LogP contribution is -2.40. The first kappa shape index (κ1) is 22.5. The molecule has 7 heteroatoms. The maximum atomic E-state index is 13.2. The molecule has 1 aromatic carbocycles. The van der Waals surface area contributed by atoms with Crippen molar-refractivity contribution in [3.05, 3.63) is 57.4 Å². The Balaban J connectivity index is 2.16. The van der Waals surface area contributed by atoms with E-state index in [0.29, 0.717) is 47.9 Å². The molecule has 2 aliphatic rings. The van der Waals surface area contributed by atoms with E-state index in [2.05, 4.69) is 19.2 Å². The normalized spacial score (nSPS) is 20.7. The summed E-state index contributed by atoms with van der Waals surface area (Å²) in [5.41, 5.74) is 8.70. The van der Waals surface area contributed by atoms with Crippen LogP contribution in [0.1, 0.15) is 45.1 Å². The number of dihydropyridines is 1. The molecular formula is C23H29ClN2O4. The molecule has 1 aromatic rings. The molecule has 1 heterocycles. The van der Waals surface area contributed by atoms with E-state index in [0.717, 1.165) is 11.3 Å². The Bertz CT molecular complexity index is 887. The monoisotopic (exact) mass is 432 g/mol. The minimum atomic E-state index is -0.530. The van der Waals surface area contributed by atoms with Crippen LogP contribution in [0.2, 0.25) is 5.02 Å². The Kier molecular flexibility index (Phi) is 7.01. The van der Waals surface area contributed by atoms with Gasteiger partial charge in [0.15, 0.2) is 5.78 Å². The van der Waals surface area contributed by atoms with Crippen LogP contribution >= 0.6 is 11.6 Å². The largest absolute Gasteiger partial charge is 0.463 e. The molecule has 162 valence electrons. The number of halogens is 1. The Labute approximate surface area is 182 Å². The Morgan fingerprint density at radius 2 is 1.97 bits per heavy atom. The number of esters is 1. The summed E-state index contributed by atoms with van der Waals surface area (Å²) in [4.78, 5) is 26.3. The number of hydrogen-bond acceptors (Lipinski definition) is 6. The SMILES string of the molecule is CCOC(=O)C1=C(COCCN)NC2=C(C(=O)CC(C)(C)C2)C1c1ccc(Cl)cc1. The van der Waals surface area contributed by atoms with Crippen LogP contribution in [-0.4, -0.2) is 38.1 Å². The number of Topliss-reactive ketones (excluding diaryl/α,β-unsaturated/α-hetero) is 1. The summed E-state index contributed by atoms with van der Waals surface area (Å²) in [7, 11) is 0. The number of carbonyl (C=O) groups is 2. The van der Waals surface area contributed by atoms with E-state index in [9.17, 15) is 9.59 Å². The minimum Gasteiger partial charge on any atom is -0.463 e. The molecule has 0 saturated heterocycles. The van der Waals surface area contributed by atoms with Crippen LogP contribution in [0, 0.1) is 5.41 Å². The third-order valence-corrected chi connectivity index (χ3v) is 5.58. The molecular weight excluding hydrogens is 404 g/mol. The highest BCUT2D eigenvalue weighted by Crippen LogP contribution is 2.47. The van der Waals surface area contributed by atoms with Gasteiger partial charge in [0, 0.05) is 35.2 Å². The number of ether oxygens (including phenoxy) is 2. The quantitative estimate of drug-likeness (QED) is 0.506. The second kappa shape index (κ2) is 9.33. The van der Waals surface area contributed by atoms with Gasteiger partial charge in [0.05, 0.1) is 31.1 Å². The van der Waals surface area contributed by atoms with Crippen molar-refractivity contribution in [3.8, 4) is 0 Å². The molecule has 30 heavy (non-hydrogen) atoms. The Morgan fingerprint density at radius 1 is 1.27 bits per heavy atom. The molecule has 0 spiro atoms. The van der Waals surface area contributed by atoms with Gasteiger partial charge in [-0.05, 0) is 36.5 Å². The summed E-state index contributed by atoms with van der Waals surface area (Å²) in [5.74, 6) is -0.949. The van der Waals surface area contributed by atoms with Gasteiger partial charge in [-0.25, -0.2) is 4.79 Å². The molecule has 1 unspecified atom stereocenters. The molecule has 0 radical (unpaired) electrons. The van der Waals surface area contributed by atoms with E-state index in [4.69, 9.17) is 26.8 Å². The van der Waals surface area contributed by atoms with Gasteiger partial charge in [-0.15, -0.1) is 0 Å². The highest BCUT2D eigenvalue weighted by molar-refractivity contribution is 6.30. The van der Waals surface area contributed by atoms with Crippen molar-refractivity contribution < 1.29 is 19.1 Å². The molecule has 1 aliphatic heterocycles. The first-order valence-corrected chi connectivity index (χ1v) is 10.6. The number of nitrogens with two attached hydrogens (primary N) is 1. The summed E-state index contributed by atoms with van der Waals surface area (Å²) in [6.45, 7) is 7.06. The van der Waals surface area contributed by atoms with Gasteiger partial charge in [-0.1, -0.05) is 37.6 Å². The lowest BCUT2D eigenvalue weighted by Gasteiger charge is -2.40. The first-order chi connectivity index (χ1) is 14.3. The Hall–Kier alpha value is -2.15. The molecule has 1 atom stereocenters. The molecule has 0 amide bonds. The van der Waals surface area contributed by atoms with Crippen LogP contribution < -0.4 is 11.1 Å². The van der Waals surface area contributed by atoms with E-state index in [1.807, 2.05) is 12.1 Å². The zero-order chi connectivity index (χ0) is 21.9. The molecule has 1 aliphatic carbocycles. The van der Waals surface area contributed by atoms with Crippen molar-refractivity contribution in [1.29, 1.82) is 0 Å². The maximum absolute atomic E-state index is 13.2. The number of benzene rings is 1. The van der Waals surface area contributed by atoms with Crippen LogP contribution in [0.4, 0.5) is 0 Å². The fourth-order valence-corrected chi connectivity index (χ4v) is 4.29. The maximum Gasteiger partial charge on any atom is 0.336 e. The van der Waals surface area contributed by atoms with E-state index < -0.39 is 11.9 Å². The molecule has 6 nitrogen and oxygen atoms in total. The highest BCUT2D eigenvalue weighted by atomic mass is 35.5. The van der Waals surface area contributed by atoms with E-state index in [1.165, 1.54) is 0 Å². The van der Waals surface area contributed by atoms with Crippen molar-refractivity contribution >= 4 is 23.4 Å². The van der Waals surface area contributed by atoms with Crippen molar-refractivity contribution in [2.24, 2.45) is 11.1 Å². The second-order valence-corrected chi connectivity index (χ2v) is 8.83. The van der Waals surface area contributed by atoms with Crippen LogP contribution in [0.3, 0.4) is 0 Å². The summed E-state index contributed by atoms with van der Waals surface area (Å²) in [5, 5.41) is 3.94. The van der Waals surface area contributed by atoms with Gasteiger partial charge in [0.2, 0.25) is 0 Å². The van der Waals surface area contributed by atoms with Gasteiger partial charge in [0.1, 0.15) is 0 Å². The second-order valence-electron chi connectivity index (χ2n) is 8.40. The minimum absolute atomic E-state index is 0.0393. The third kappa shape index (κ3) is 4.77. The smallest absolute Gasteiger partial charge is 0.336 e. The zero-order valence-electron chi connectivity index (χ0n) is 17.7. The van der Waals surface area contributed by atoms with Gasteiger partial charge in [-0.2, -0.15) is 0 Å². The standard InChI is InChI=1S/C23H29ClN2O4/c1-4-30-22(28)21-17(13-29-10-9-25)26-16-11-23(2,3)12-18(27)20(16)19(21)14-5-7-15(24)8-6-14/h5-8,19,26H,4,9-13,25H2,1-3H3. The summed E-state index contributed by atoms with van der Waals surface area (Å²) in [6.07, 6.45) is 1.13. The predicted molar refractivity (Wildman–Crippen MR) is 116 cm³/mol. The van der Waals surface area contributed by atoms with Crippen molar-refractivity contribution in [2.45, 2.75) is 39.5 Å². The fourth-order valence-electron chi connectivity index (χ4n) is 4.16. The summed E-state index contributed by atoms with van der Waals surface area (Å²) < 4.78 is 11.0. The Morgan fingerprint density at radius 3 is 2.60 bits per heavy atom. The van der Waals surface area contributed by atoms with Crippen molar-refractivity contribution in [2.75, 3.05) is 26.4 Å². The van der Waals surface area contributed by atoms with E-state index in [1.54, 1.807) is 19.1 Å². The van der Waals surface area contributed by atoms with Crippen molar-refractivity contribution in [1.82, 2.24) is 5.32 Å². The molecule has 0 bridgehead atoms. The van der Waals surface area contributed by atoms with Crippen LogP contribution in [0.5, 0.6) is 0 Å². The highest BCUT2D eigenvalue weighted by Gasteiger charge is 2.43.